The molecule has 0 aromatic heterocycles. The lowest BCUT2D eigenvalue weighted by Gasteiger charge is -2.24. The average molecular weight is 141 g/mol. The molecule has 2 atom stereocenters. The second-order valence-electron chi connectivity index (χ2n) is 4.95. The van der Waals surface area contributed by atoms with Crippen molar-refractivity contribution >= 4 is 0 Å². The van der Waals surface area contributed by atoms with E-state index >= 15 is 0 Å². The third-order valence-electron chi connectivity index (χ3n) is 2.84. The molecule has 60 valence electrons. The van der Waals surface area contributed by atoms with E-state index in [9.17, 15) is 0 Å². The van der Waals surface area contributed by atoms with Gasteiger partial charge in [-0.1, -0.05) is 20.8 Å². The van der Waals surface area contributed by atoms with E-state index in [4.69, 9.17) is 5.73 Å². The van der Waals surface area contributed by atoms with Crippen molar-refractivity contribution in [2.75, 3.05) is 0 Å². The minimum absolute atomic E-state index is 0.0868. The molecule has 0 heterocycles. The molecule has 0 bridgehead atoms. The molecule has 2 N–H and O–H groups in total. The van der Waals surface area contributed by atoms with Gasteiger partial charge in [-0.15, -0.1) is 0 Å². The molecule has 0 radical (unpaired) electrons. The fourth-order valence-corrected chi connectivity index (χ4v) is 2.34. The lowest BCUT2D eigenvalue weighted by atomic mass is 9.89. The average Bonchev–Trinajstić information content (AvgIpc) is 1.73. The van der Waals surface area contributed by atoms with Crippen LogP contribution in [0.5, 0.6) is 0 Å². The second kappa shape index (κ2) is 1.97. The van der Waals surface area contributed by atoms with Crippen molar-refractivity contribution in [1.29, 1.82) is 0 Å². The molecule has 1 aliphatic carbocycles. The monoisotopic (exact) mass is 141 g/mol. The summed E-state index contributed by atoms with van der Waals surface area (Å²) < 4.78 is 0. The van der Waals surface area contributed by atoms with E-state index < -0.39 is 0 Å². The van der Waals surface area contributed by atoms with E-state index in [-0.39, 0.29) is 5.54 Å². The van der Waals surface area contributed by atoms with Crippen molar-refractivity contribution in [3.8, 4) is 0 Å². The van der Waals surface area contributed by atoms with Gasteiger partial charge in [-0.25, -0.2) is 0 Å². The summed E-state index contributed by atoms with van der Waals surface area (Å²) in [6.07, 6.45) is 2.45. The topological polar surface area (TPSA) is 26.0 Å². The van der Waals surface area contributed by atoms with Gasteiger partial charge in [-0.3, -0.25) is 0 Å². The first-order chi connectivity index (χ1) is 4.33. The van der Waals surface area contributed by atoms with E-state index in [1.54, 1.807) is 0 Å². The maximum atomic E-state index is 6.10. The van der Waals surface area contributed by atoms with Gasteiger partial charge in [-0.2, -0.15) is 0 Å². The second-order valence-corrected chi connectivity index (χ2v) is 4.95. The van der Waals surface area contributed by atoms with Crippen molar-refractivity contribution in [3.63, 3.8) is 0 Å². The molecule has 0 saturated heterocycles. The minimum atomic E-state index is 0.0868. The van der Waals surface area contributed by atoms with Gasteiger partial charge >= 0.3 is 0 Å². The Labute approximate surface area is 64.0 Å². The van der Waals surface area contributed by atoms with Crippen molar-refractivity contribution in [2.24, 2.45) is 17.1 Å². The van der Waals surface area contributed by atoms with Crippen molar-refractivity contribution in [2.45, 2.75) is 46.1 Å². The molecule has 0 aliphatic heterocycles. The molecule has 0 aromatic carbocycles. The summed E-state index contributed by atoms with van der Waals surface area (Å²) in [5.74, 6) is 0.683. The number of hydrogen-bond donors (Lipinski definition) is 1. The molecule has 0 amide bonds. The molecule has 1 aliphatic rings. The number of hydrogen-bond acceptors (Lipinski definition) is 1. The van der Waals surface area contributed by atoms with Crippen molar-refractivity contribution in [3.05, 3.63) is 0 Å². The van der Waals surface area contributed by atoms with Crippen LogP contribution in [0.3, 0.4) is 0 Å². The predicted octanol–water partition coefficient (Wildman–Crippen LogP) is 2.16. The molecule has 0 aromatic rings. The van der Waals surface area contributed by atoms with Crippen molar-refractivity contribution in [1.82, 2.24) is 0 Å². The summed E-state index contributed by atoms with van der Waals surface area (Å²) in [4.78, 5) is 0. The fourth-order valence-electron chi connectivity index (χ4n) is 2.34. The Balaban J connectivity index is 2.71. The summed E-state index contributed by atoms with van der Waals surface area (Å²) in [7, 11) is 0. The Hall–Kier alpha value is -0.0400. The van der Waals surface area contributed by atoms with E-state index in [2.05, 4.69) is 27.7 Å². The molecular formula is C9H19N. The highest BCUT2D eigenvalue weighted by Gasteiger charge is 2.42. The first-order valence-corrected chi connectivity index (χ1v) is 4.12. The van der Waals surface area contributed by atoms with Gasteiger partial charge in [-0.05, 0) is 31.1 Å². The van der Waals surface area contributed by atoms with E-state index in [1.165, 1.54) is 12.8 Å². The molecule has 0 spiro atoms. The first kappa shape index (κ1) is 8.06. The third kappa shape index (κ3) is 1.34. The zero-order chi connectivity index (χ0) is 7.99. The summed E-state index contributed by atoms with van der Waals surface area (Å²) in [6.45, 7) is 9.05. The number of nitrogens with two attached hydrogens (primary N) is 1. The standard InChI is InChI=1S/C9H19N/c1-7-5-8(2,3)6-9(7,4)10/h7H,5-6,10H2,1-4H3. The molecule has 1 rings (SSSR count). The summed E-state index contributed by atoms with van der Waals surface area (Å²) in [5.41, 5.74) is 6.66. The largest absolute Gasteiger partial charge is 0.325 e. The quantitative estimate of drug-likeness (QED) is 0.549. The molecule has 10 heavy (non-hydrogen) atoms. The smallest absolute Gasteiger partial charge is 0.0156 e. The van der Waals surface area contributed by atoms with Crippen LogP contribution in [0.2, 0.25) is 0 Å². The maximum Gasteiger partial charge on any atom is 0.0156 e. The highest BCUT2D eigenvalue weighted by molar-refractivity contribution is 4.98. The Morgan fingerprint density at radius 3 is 1.90 bits per heavy atom. The van der Waals surface area contributed by atoms with Crippen LogP contribution < -0.4 is 5.73 Å². The van der Waals surface area contributed by atoms with Crippen LogP contribution in [0.4, 0.5) is 0 Å². The highest BCUT2D eigenvalue weighted by Crippen LogP contribution is 2.45. The van der Waals surface area contributed by atoms with Gasteiger partial charge in [0.15, 0.2) is 0 Å². The minimum Gasteiger partial charge on any atom is -0.325 e. The van der Waals surface area contributed by atoms with Gasteiger partial charge in [0, 0.05) is 5.54 Å². The van der Waals surface area contributed by atoms with Gasteiger partial charge in [0.2, 0.25) is 0 Å². The first-order valence-electron chi connectivity index (χ1n) is 4.12. The lowest BCUT2D eigenvalue weighted by molar-refractivity contribution is 0.345. The SMILES string of the molecule is CC1CC(C)(C)CC1(C)N. The molecule has 1 heteroatoms. The van der Waals surface area contributed by atoms with Gasteiger partial charge in [0.25, 0.3) is 0 Å². The third-order valence-corrected chi connectivity index (χ3v) is 2.84. The van der Waals surface area contributed by atoms with E-state index in [0.29, 0.717) is 11.3 Å². The van der Waals surface area contributed by atoms with E-state index in [1.807, 2.05) is 0 Å². The molecular weight excluding hydrogens is 122 g/mol. The lowest BCUT2D eigenvalue weighted by Crippen LogP contribution is -2.38. The van der Waals surface area contributed by atoms with Crippen LogP contribution in [0.1, 0.15) is 40.5 Å². The molecule has 1 saturated carbocycles. The Kier molecular flexibility index (Phi) is 1.59. The molecule has 2 unspecified atom stereocenters. The van der Waals surface area contributed by atoms with Crippen LogP contribution in [-0.4, -0.2) is 5.54 Å². The zero-order valence-electron chi connectivity index (χ0n) is 7.57. The van der Waals surface area contributed by atoms with Crippen LogP contribution in [0.15, 0.2) is 0 Å². The van der Waals surface area contributed by atoms with Crippen LogP contribution in [0.25, 0.3) is 0 Å². The summed E-state index contributed by atoms with van der Waals surface area (Å²) in [5, 5.41) is 0. The summed E-state index contributed by atoms with van der Waals surface area (Å²) >= 11 is 0. The summed E-state index contributed by atoms with van der Waals surface area (Å²) in [6, 6.07) is 0. The van der Waals surface area contributed by atoms with Gasteiger partial charge in [0.05, 0.1) is 0 Å². The fraction of sp³-hybridized carbons (Fsp3) is 1.00. The maximum absolute atomic E-state index is 6.10. The Morgan fingerprint density at radius 1 is 1.30 bits per heavy atom. The number of rotatable bonds is 0. The highest BCUT2D eigenvalue weighted by atomic mass is 14.8. The van der Waals surface area contributed by atoms with Crippen molar-refractivity contribution < 1.29 is 0 Å². The Bertz CT molecular complexity index is 136. The van der Waals surface area contributed by atoms with Gasteiger partial charge in [0.1, 0.15) is 0 Å². The Morgan fingerprint density at radius 2 is 1.80 bits per heavy atom. The van der Waals surface area contributed by atoms with Crippen LogP contribution in [-0.2, 0) is 0 Å². The normalized spacial score (nSPS) is 45.9. The molecule has 1 nitrogen and oxygen atoms in total. The molecule has 1 fully saturated rings. The van der Waals surface area contributed by atoms with Crippen LogP contribution in [0, 0.1) is 11.3 Å². The van der Waals surface area contributed by atoms with Crippen LogP contribution >= 0.6 is 0 Å². The predicted molar refractivity (Wildman–Crippen MR) is 44.8 cm³/mol. The van der Waals surface area contributed by atoms with E-state index in [0.717, 1.165) is 0 Å². The zero-order valence-corrected chi connectivity index (χ0v) is 7.57. The van der Waals surface area contributed by atoms with Gasteiger partial charge < -0.3 is 5.73 Å².